The second-order valence-electron chi connectivity index (χ2n) is 9.02. The molecule has 4 aromatic rings. The standard InChI is InChI=1S/C27H26N4O4S2/c1-16-4-3-11-29-24(16)18-12-19(26(32)31-27-30-25(17-5-6-17)23(15-28)36-27)14-21(13-18)35-20-7-9-22(10-8-20)37(2,33)34/h3-4,7-14,17H,5-6,15,28H2,1-2H3,(H,30,31,32). The van der Waals surface area contributed by atoms with Crippen LogP contribution in [0.4, 0.5) is 5.13 Å². The van der Waals surface area contributed by atoms with E-state index in [1.165, 1.54) is 23.5 Å². The van der Waals surface area contributed by atoms with Crippen molar-refractivity contribution in [2.24, 2.45) is 5.73 Å². The molecule has 2 aromatic heterocycles. The summed E-state index contributed by atoms with van der Waals surface area (Å²) in [5, 5.41) is 3.43. The Morgan fingerprint density at radius 1 is 1.14 bits per heavy atom. The monoisotopic (exact) mass is 534 g/mol. The Hall–Kier alpha value is -3.60. The molecular weight excluding hydrogens is 508 g/mol. The summed E-state index contributed by atoms with van der Waals surface area (Å²) in [7, 11) is -3.32. The van der Waals surface area contributed by atoms with Crippen molar-refractivity contribution in [1.82, 2.24) is 9.97 Å². The summed E-state index contributed by atoms with van der Waals surface area (Å²) >= 11 is 1.40. The number of carbonyl (C=O) groups excluding carboxylic acids is 1. The van der Waals surface area contributed by atoms with E-state index < -0.39 is 9.84 Å². The van der Waals surface area contributed by atoms with Crippen molar-refractivity contribution in [3.63, 3.8) is 0 Å². The topological polar surface area (TPSA) is 124 Å². The number of aromatic nitrogens is 2. The second-order valence-corrected chi connectivity index (χ2v) is 12.1. The summed E-state index contributed by atoms with van der Waals surface area (Å²) < 4.78 is 29.6. The minimum absolute atomic E-state index is 0.198. The molecule has 2 heterocycles. The van der Waals surface area contributed by atoms with Crippen molar-refractivity contribution in [3.8, 4) is 22.8 Å². The number of nitrogens with zero attached hydrogens (tertiary/aromatic N) is 2. The normalized spacial score (nSPS) is 13.4. The lowest BCUT2D eigenvalue weighted by Crippen LogP contribution is -2.12. The van der Waals surface area contributed by atoms with Gasteiger partial charge < -0.3 is 10.5 Å². The maximum atomic E-state index is 13.3. The van der Waals surface area contributed by atoms with Crippen LogP contribution in [-0.4, -0.2) is 30.5 Å². The Morgan fingerprint density at radius 2 is 1.89 bits per heavy atom. The first-order chi connectivity index (χ1) is 17.7. The Kier molecular flexibility index (Phi) is 6.80. The van der Waals surface area contributed by atoms with E-state index in [0.29, 0.717) is 40.2 Å². The van der Waals surface area contributed by atoms with E-state index in [0.717, 1.165) is 40.9 Å². The number of carbonyl (C=O) groups is 1. The molecule has 0 radical (unpaired) electrons. The Bertz CT molecular complexity index is 1580. The van der Waals surface area contributed by atoms with E-state index in [9.17, 15) is 13.2 Å². The number of nitrogens with one attached hydrogen (secondary N) is 1. The zero-order valence-corrected chi connectivity index (χ0v) is 22.0. The number of hydrogen-bond donors (Lipinski definition) is 2. The van der Waals surface area contributed by atoms with E-state index in [1.807, 2.05) is 19.1 Å². The van der Waals surface area contributed by atoms with Crippen LogP contribution in [0.2, 0.25) is 0 Å². The molecule has 37 heavy (non-hydrogen) atoms. The molecule has 1 amide bonds. The first-order valence-electron chi connectivity index (χ1n) is 11.8. The van der Waals surface area contributed by atoms with Gasteiger partial charge in [0.1, 0.15) is 11.5 Å². The van der Waals surface area contributed by atoms with Gasteiger partial charge in [-0.15, -0.1) is 11.3 Å². The summed E-state index contributed by atoms with van der Waals surface area (Å²) in [5.41, 5.74) is 9.66. The zero-order chi connectivity index (χ0) is 26.2. The van der Waals surface area contributed by atoms with Crippen LogP contribution in [-0.2, 0) is 16.4 Å². The summed E-state index contributed by atoms with van der Waals surface area (Å²) in [5.74, 6) is 0.966. The Balaban J connectivity index is 1.48. The fraction of sp³-hybridized carbons (Fsp3) is 0.222. The molecule has 10 heteroatoms. The van der Waals surface area contributed by atoms with Crippen LogP contribution in [0.5, 0.6) is 11.5 Å². The van der Waals surface area contributed by atoms with Gasteiger partial charge in [0.25, 0.3) is 5.91 Å². The number of aryl methyl sites for hydroxylation is 1. The lowest BCUT2D eigenvalue weighted by atomic mass is 10.0. The van der Waals surface area contributed by atoms with Crippen molar-refractivity contribution < 1.29 is 17.9 Å². The highest BCUT2D eigenvalue weighted by Gasteiger charge is 2.29. The van der Waals surface area contributed by atoms with Gasteiger partial charge in [-0.1, -0.05) is 6.07 Å². The van der Waals surface area contributed by atoms with Crippen LogP contribution < -0.4 is 15.8 Å². The van der Waals surface area contributed by atoms with Crippen molar-refractivity contribution in [1.29, 1.82) is 0 Å². The molecule has 1 saturated carbocycles. The van der Waals surface area contributed by atoms with E-state index in [2.05, 4.69) is 15.3 Å². The molecule has 1 aliphatic rings. The number of amides is 1. The highest BCUT2D eigenvalue weighted by Crippen LogP contribution is 2.43. The first-order valence-corrected chi connectivity index (χ1v) is 14.5. The van der Waals surface area contributed by atoms with Crippen LogP contribution in [0, 0.1) is 6.92 Å². The molecule has 2 aromatic carbocycles. The average Bonchev–Trinajstić information content (AvgIpc) is 3.64. The van der Waals surface area contributed by atoms with Gasteiger partial charge in [-0.3, -0.25) is 15.1 Å². The summed E-state index contributed by atoms with van der Waals surface area (Å²) in [6.07, 6.45) is 5.05. The molecule has 0 saturated heterocycles. The predicted molar refractivity (Wildman–Crippen MR) is 144 cm³/mol. The highest BCUT2D eigenvalue weighted by atomic mass is 32.2. The third-order valence-corrected chi connectivity index (χ3v) is 8.17. The van der Waals surface area contributed by atoms with Crippen molar-refractivity contribution in [2.75, 3.05) is 11.6 Å². The third kappa shape index (κ3) is 5.71. The van der Waals surface area contributed by atoms with Crippen LogP contribution in [0.1, 0.15) is 45.3 Å². The molecule has 1 fully saturated rings. The number of anilines is 1. The minimum Gasteiger partial charge on any atom is -0.457 e. The maximum absolute atomic E-state index is 13.3. The Morgan fingerprint density at radius 3 is 2.54 bits per heavy atom. The van der Waals surface area contributed by atoms with E-state index in [4.69, 9.17) is 10.5 Å². The number of ether oxygens (including phenoxy) is 1. The van der Waals surface area contributed by atoms with Gasteiger partial charge >= 0.3 is 0 Å². The molecule has 5 rings (SSSR count). The molecule has 0 aliphatic heterocycles. The van der Waals surface area contributed by atoms with E-state index >= 15 is 0 Å². The lowest BCUT2D eigenvalue weighted by Gasteiger charge is -2.12. The quantitative estimate of drug-likeness (QED) is 0.314. The Labute approximate surface area is 219 Å². The van der Waals surface area contributed by atoms with Gasteiger partial charge in [0.05, 0.1) is 16.3 Å². The zero-order valence-electron chi connectivity index (χ0n) is 20.4. The molecule has 190 valence electrons. The molecule has 0 spiro atoms. The number of nitrogens with two attached hydrogens (primary N) is 1. The number of thiazole rings is 1. The SMILES string of the molecule is Cc1cccnc1-c1cc(Oc2ccc(S(C)(=O)=O)cc2)cc(C(=O)Nc2nc(C3CC3)c(CN)s2)c1. The molecular formula is C27H26N4O4S2. The van der Waals surface area contributed by atoms with Crippen LogP contribution in [0.15, 0.2) is 65.7 Å². The van der Waals surface area contributed by atoms with Gasteiger partial charge in [0, 0.05) is 40.9 Å². The number of hydrogen-bond acceptors (Lipinski definition) is 8. The average molecular weight is 535 g/mol. The van der Waals surface area contributed by atoms with Gasteiger partial charge in [0.2, 0.25) is 0 Å². The molecule has 0 bridgehead atoms. The maximum Gasteiger partial charge on any atom is 0.257 e. The molecule has 3 N–H and O–H groups in total. The van der Waals surface area contributed by atoms with Gasteiger partial charge in [-0.05, 0) is 73.9 Å². The number of sulfone groups is 1. The van der Waals surface area contributed by atoms with Crippen molar-refractivity contribution in [3.05, 3.63) is 82.5 Å². The minimum atomic E-state index is -3.32. The molecule has 0 atom stereocenters. The third-order valence-electron chi connectivity index (χ3n) is 6.04. The molecule has 8 nitrogen and oxygen atoms in total. The first kappa shape index (κ1) is 25.1. The van der Waals surface area contributed by atoms with Crippen LogP contribution in [0.3, 0.4) is 0 Å². The van der Waals surface area contributed by atoms with Gasteiger partial charge in [0.15, 0.2) is 15.0 Å². The van der Waals surface area contributed by atoms with Crippen LogP contribution >= 0.6 is 11.3 Å². The molecule has 1 aliphatic carbocycles. The largest absolute Gasteiger partial charge is 0.457 e. The van der Waals surface area contributed by atoms with E-state index in [-0.39, 0.29) is 10.8 Å². The predicted octanol–water partition coefficient (Wildman–Crippen LogP) is 5.30. The van der Waals surface area contributed by atoms with E-state index in [1.54, 1.807) is 36.5 Å². The lowest BCUT2D eigenvalue weighted by molar-refractivity contribution is 0.102. The summed E-state index contributed by atoms with van der Waals surface area (Å²) in [4.78, 5) is 23.6. The smallest absolute Gasteiger partial charge is 0.257 e. The van der Waals surface area contributed by atoms with Crippen molar-refractivity contribution >= 4 is 32.2 Å². The fourth-order valence-electron chi connectivity index (χ4n) is 4.01. The number of benzene rings is 2. The van der Waals surface area contributed by atoms with Gasteiger partial charge in [-0.2, -0.15) is 0 Å². The number of rotatable bonds is 8. The summed E-state index contributed by atoms with van der Waals surface area (Å²) in [6.45, 7) is 2.34. The second kappa shape index (κ2) is 10.0. The fourth-order valence-corrected chi connectivity index (χ4v) is 5.56. The molecule has 0 unspecified atom stereocenters. The highest BCUT2D eigenvalue weighted by molar-refractivity contribution is 7.90. The summed E-state index contributed by atoms with van der Waals surface area (Å²) in [6, 6.07) is 15.1. The number of pyridine rings is 1. The van der Waals surface area contributed by atoms with Gasteiger partial charge in [-0.25, -0.2) is 13.4 Å². The van der Waals surface area contributed by atoms with Crippen molar-refractivity contribution in [2.45, 2.75) is 37.1 Å². The van der Waals surface area contributed by atoms with Crippen LogP contribution in [0.25, 0.3) is 11.3 Å².